The van der Waals surface area contributed by atoms with E-state index in [4.69, 9.17) is 0 Å². The summed E-state index contributed by atoms with van der Waals surface area (Å²) in [5.74, 6) is -0.173. The first kappa shape index (κ1) is 12.3. The Morgan fingerprint density at radius 2 is 1.89 bits per heavy atom. The lowest BCUT2D eigenvalue weighted by atomic mass is 10.0. The average Bonchev–Trinajstić information content (AvgIpc) is 2.96. The Labute approximate surface area is 111 Å². The first-order chi connectivity index (χ1) is 9.31. The highest BCUT2D eigenvalue weighted by Crippen LogP contribution is 2.22. The molecule has 1 aromatic carbocycles. The van der Waals surface area contributed by atoms with Crippen LogP contribution in [0.5, 0.6) is 0 Å². The predicted molar refractivity (Wildman–Crippen MR) is 70.0 cm³/mol. The van der Waals surface area contributed by atoms with Crippen molar-refractivity contribution in [1.82, 2.24) is 19.7 Å². The maximum Gasteiger partial charge on any atom is 0.137 e. The van der Waals surface area contributed by atoms with E-state index in [0.29, 0.717) is 6.04 Å². The minimum Gasteiger partial charge on any atom is -0.299 e. The normalized spacial score (nSPS) is 17.7. The molecule has 19 heavy (non-hydrogen) atoms. The Kier molecular flexibility index (Phi) is 3.55. The molecule has 2 aromatic rings. The van der Waals surface area contributed by atoms with E-state index in [1.54, 1.807) is 12.7 Å². The molecule has 3 rings (SSSR count). The van der Waals surface area contributed by atoms with E-state index >= 15 is 0 Å². The minimum absolute atomic E-state index is 0.173. The van der Waals surface area contributed by atoms with Crippen LogP contribution < -0.4 is 0 Å². The molecular formula is C14H17FN4. The molecule has 0 amide bonds. The molecule has 0 bridgehead atoms. The van der Waals surface area contributed by atoms with Gasteiger partial charge in [0.2, 0.25) is 0 Å². The lowest BCUT2D eigenvalue weighted by molar-refractivity contribution is 0.173. The molecule has 0 aliphatic carbocycles. The van der Waals surface area contributed by atoms with Crippen LogP contribution in [0.25, 0.3) is 0 Å². The summed E-state index contributed by atoms with van der Waals surface area (Å²) in [6.45, 7) is 2.98. The van der Waals surface area contributed by atoms with Gasteiger partial charge in [-0.25, -0.2) is 14.1 Å². The number of piperidine rings is 1. The quantitative estimate of drug-likeness (QED) is 0.849. The Bertz CT molecular complexity index is 501. The third kappa shape index (κ3) is 2.98. The van der Waals surface area contributed by atoms with Crippen LogP contribution in [-0.2, 0) is 6.54 Å². The van der Waals surface area contributed by atoms with E-state index in [9.17, 15) is 4.39 Å². The fourth-order valence-corrected chi connectivity index (χ4v) is 2.60. The highest BCUT2D eigenvalue weighted by atomic mass is 19.1. The van der Waals surface area contributed by atoms with Crippen molar-refractivity contribution in [3.63, 3.8) is 0 Å². The smallest absolute Gasteiger partial charge is 0.137 e. The average molecular weight is 260 g/mol. The molecule has 2 heterocycles. The zero-order valence-corrected chi connectivity index (χ0v) is 10.7. The summed E-state index contributed by atoms with van der Waals surface area (Å²) in [5, 5.41) is 4.20. The SMILES string of the molecule is Fc1ccc(CN2CCC(n3cncn3)CC2)cc1. The summed E-state index contributed by atoms with van der Waals surface area (Å²) in [5.41, 5.74) is 1.17. The summed E-state index contributed by atoms with van der Waals surface area (Å²) in [6, 6.07) is 7.24. The second-order valence-corrected chi connectivity index (χ2v) is 5.01. The summed E-state index contributed by atoms with van der Waals surface area (Å²) in [7, 11) is 0. The van der Waals surface area contributed by atoms with Crippen molar-refractivity contribution >= 4 is 0 Å². The van der Waals surface area contributed by atoms with Crippen molar-refractivity contribution in [1.29, 1.82) is 0 Å². The lowest BCUT2D eigenvalue weighted by Gasteiger charge is -2.31. The Morgan fingerprint density at radius 3 is 2.53 bits per heavy atom. The first-order valence-corrected chi connectivity index (χ1v) is 6.62. The van der Waals surface area contributed by atoms with E-state index in [0.717, 1.165) is 32.5 Å². The number of aromatic nitrogens is 3. The summed E-state index contributed by atoms with van der Waals surface area (Å²) >= 11 is 0. The zero-order valence-electron chi connectivity index (χ0n) is 10.7. The third-order valence-corrected chi connectivity index (χ3v) is 3.69. The molecule has 1 aromatic heterocycles. The Morgan fingerprint density at radius 1 is 1.16 bits per heavy atom. The van der Waals surface area contributed by atoms with Crippen molar-refractivity contribution in [3.05, 3.63) is 48.3 Å². The molecule has 0 N–H and O–H groups in total. The molecule has 5 heteroatoms. The second kappa shape index (κ2) is 5.48. The van der Waals surface area contributed by atoms with Gasteiger partial charge < -0.3 is 0 Å². The van der Waals surface area contributed by atoms with Gasteiger partial charge in [0.05, 0.1) is 6.04 Å². The zero-order chi connectivity index (χ0) is 13.1. The van der Waals surface area contributed by atoms with Crippen LogP contribution in [-0.4, -0.2) is 32.8 Å². The number of nitrogens with zero attached hydrogens (tertiary/aromatic N) is 4. The first-order valence-electron chi connectivity index (χ1n) is 6.62. The van der Waals surface area contributed by atoms with Gasteiger partial charge in [0, 0.05) is 19.6 Å². The van der Waals surface area contributed by atoms with E-state index in [2.05, 4.69) is 15.0 Å². The Balaban J connectivity index is 1.54. The van der Waals surface area contributed by atoms with Crippen LogP contribution in [0.15, 0.2) is 36.9 Å². The van der Waals surface area contributed by atoms with Gasteiger partial charge in [0.1, 0.15) is 18.5 Å². The van der Waals surface area contributed by atoms with Gasteiger partial charge in [0.15, 0.2) is 0 Å². The van der Waals surface area contributed by atoms with Crippen LogP contribution in [0.4, 0.5) is 4.39 Å². The highest BCUT2D eigenvalue weighted by Gasteiger charge is 2.20. The van der Waals surface area contributed by atoms with Crippen molar-refractivity contribution < 1.29 is 4.39 Å². The van der Waals surface area contributed by atoms with Gasteiger partial charge >= 0.3 is 0 Å². The molecule has 4 nitrogen and oxygen atoms in total. The molecule has 1 fully saturated rings. The molecule has 0 atom stereocenters. The van der Waals surface area contributed by atoms with E-state index in [1.165, 1.54) is 17.7 Å². The fourth-order valence-electron chi connectivity index (χ4n) is 2.60. The van der Waals surface area contributed by atoms with Gasteiger partial charge in [-0.1, -0.05) is 12.1 Å². The number of benzene rings is 1. The molecule has 0 saturated carbocycles. The fraction of sp³-hybridized carbons (Fsp3) is 0.429. The van der Waals surface area contributed by atoms with Gasteiger partial charge in [-0.15, -0.1) is 0 Å². The number of hydrogen-bond donors (Lipinski definition) is 0. The molecule has 0 radical (unpaired) electrons. The van der Waals surface area contributed by atoms with E-state index in [1.807, 2.05) is 16.8 Å². The minimum atomic E-state index is -0.173. The highest BCUT2D eigenvalue weighted by molar-refractivity contribution is 5.15. The number of rotatable bonds is 3. The van der Waals surface area contributed by atoms with Gasteiger partial charge in [-0.3, -0.25) is 4.90 Å². The largest absolute Gasteiger partial charge is 0.299 e. The summed E-state index contributed by atoms with van der Waals surface area (Å²) in [6.07, 6.45) is 5.56. The molecule has 1 saturated heterocycles. The molecule has 1 aliphatic rings. The topological polar surface area (TPSA) is 34.0 Å². The number of hydrogen-bond acceptors (Lipinski definition) is 3. The van der Waals surface area contributed by atoms with Crippen LogP contribution in [0.3, 0.4) is 0 Å². The van der Waals surface area contributed by atoms with E-state index in [-0.39, 0.29) is 5.82 Å². The third-order valence-electron chi connectivity index (χ3n) is 3.69. The monoisotopic (exact) mass is 260 g/mol. The molecule has 0 spiro atoms. The molecule has 0 unspecified atom stereocenters. The molecular weight excluding hydrogens is 243 g/mol. The summed E-state index contributed by atoms with van der Waals surface area (Å²) < 4.78 is 14.8. The maximum atomic E-state index is 12.8. The molecule has 100 valence electrons. The van der Waals surface area contributed by atoms with Crippen molar-refractivity contribution in [2.24, 2.45) is 0 Å². The predicted octanol–water partition coefficient (Wildman–Crippen LogP) is 2.25. The van der Waals surface area contributed by atoms with Crippen molar-refractivity contribution in [3.8, 4) is 0 Å². The van der Waals surface area contributed by atoms with Crippen LogP contribution in [0.1, 0.15) is 24.4 Å². The van der Waals surface area contributed by atoms with Crippen molar-refractivity contribution in [2.45, 2.75) is 25.4 Å². The Hall–Kier alpha value is -1.75. The van der Waals surface area contributed by atoms with Gasteiger partial charge in [0.25, 0.3) is 0 Å². The second-order valence-electron chi connectivity index (χ2n) is 5.01. The number of halogens is 1. The molecule has 1 aliphatic heterocycles. The summed E-state index contributed by atoms with van der Waals surface area (Å²) in [4.78, 5) is 6.40. The number of likely N-dealkylation sites (tertiary alicyclic amines) is 1. The van der Waals surface area contributed by atoms with E-state index < -0.39 is 0 Å². The van der Waals surface area contributed by atoms with Crippen LogP contribution in [0, 0.1) is 5.82 Å². The van der Waals surface area contributed by atoms with Crippen LogP contribution >= 0.6 is 0 Å². The maximum absolute atomic E-state index is 12.8. The van der Waals surface area contributed by atoms with Crippen LogP contribution in [0.2, 0.25) is 0 Å². The van der Waals surface area contributed by atoms with Gasteiger partial charge in [-0.2, -0.15) is 5.10 Å². The lowest BCUT2D eigenvalue weighted by Crippen LogP contribution is -2.34. The standard InChI is InChI=1S/C14H17FN4/c15-13-3-1-12(2-4-13)9-18-7-5-14(6-8-18)19-11-16-10-17-19/h1-4,10-11,14H,5-9H2. The van der Waals surface area contributed by atoms with Crippen molar-refractivity contribution in [2.75, 3.05) is 13.1 Å². The van der Waals surface area contributed by atoms with Gasteiger partial charge in [-0.05, 0) is 30.5 Å².